The lowest BCUT2D eigenvalue weighted by Gasteiger charge is -2.28. The Hall–Kier alpha value is -0.990. The van der Waals surface area contributed by atoms with Crippen molar-refractivity contribution in [2.75, 3.05) is 47.5 Å². The van der Waals surface area contributed by atoms with E-state index in [1.165, 1.54) is 257 Å². The summed E-state index contributed by atoms with van der Waals surface area (Å²) < 4.78 is 34.2. The number of nitrogens with zero attached hydrogens (tertiary/aromatic N) is 1. The Morgan fingerprint density at radius 1 is 0.386 bits per heavy atom. The van der Waals surface area contributed by atoms with E-state index in [0.717, 1.165) is 32.1 Å². The van der Waals surface area contributed by atoms with Crippen molar-refractivity contribution in [3.8, 4) is 0 Å². The Kier molecular flexibility index (Phi) is 52.1. The van der Waals surface area contributed by atoms with Crippen LogP contribution in [0.4, 0.5) is 0 Å². The first kappa shape index (κ1) is 69.0. The Bertz CT molecular complexity index is 1150. The molecule has 0 radical (unpaired) electrons. The van der Waals surface area contributed by atoms with E-state index in [9.17, 15) is 19.0 Å². The van der Waals surface area contributed by atoms with Crippen LogP contribution >= 0.6 is 7.82 Å². The molecule has 0 N–H and O–H groups in total. The molecule has 0 amide bonds. The molecule has 0 rings (SSSR count). The summed E-state index contributed by atoms with van der Waals surface area (Å²) in [7, 11) is 1.19. The van der Waals surface area contributed by atoms with Gasteiger partial charge in [-0.3, -0.25) is 14.2 Å². The average molecular weight is 1010 g/mol. The molecule has 0 heterocycles. The Morgan fingerprint density at radius 3 is 0.914 bits per heavy atom. The van der Waals surface area contributed by atoms with Gasteiger partial charge in [-0.1, -0.05) is 296 Å². The van der Waals surface area contributed by atoms with Gasteiger partial charge in [0.25, 0.3) is 7.82 Å². The normalized spacial score (nSPS) is 13.2. The van der Waals surface area contributed by atoms with Gasteiger partial charge in [0.05, 0.1) is 27.7 Å². The molecule has 2 unspecified atom stereocenters. The van der Waals surface area contributed by atoms with Gasteiger partial charge in [-0.15, -0.1) is 0 Å². The van der Waals surface area contributed by atoms with Crippen LogP contribution in [0, 0.1) is 0 Å². The van der Waals surface area contributed by atoms with Crippen molar-refractivity contribution >= 4 is 19.8 Å². The van der Waals surface area contributed by atoms with Gasteiger partial charge in [-0.25, -0.2) is 0 Å². The van der Waals surface area contributed by atoms with Gasteiger partial charge in [0.2, 0.25) is 0 Å². The van der Waals surface area contributed by atoms with E-state index < -0.39 is 26.5 Å². The highest BCUT2D eigenvalue weighted by Crippen LogP contribution is 2.38. The summed E-state index contributed by atoms with van der Waals surface area (Å²) in [6, 6.07) is 0. The molecule has 0 aromatic heterocycles. The zero-order valence-corrected chi connectivity index (χ0v) is 48.4. The van der Waals surface area contributed by atoms with Gasteiger partial charge in [0.1, 0.15) is 19.8 Å². The van der Waals surface area contributed by atoms with Crippen LogP contribution in [0.2, 0.25) is 0 Å². The second kappa shape index (κ2) is 52.9. The minimum atomic E-state index is -4.63. The smallest absolute Gasteiger partial charge is 0.306 e. The number of carbonyl (C=O) groups excluding carboxylic acids is 2. The van der Waals surface area contributed by atoms with Gasteiger partial charge in [0, 0.05) is 12.8 Å². The van der Waals surface area contributed by atoms with Crippen LogP contribution in [0.15, 0.2) is 0 Å². The van der Waals surface area contributed by atoms with Crippen molar-refractivity contribution in [3.05, 3.63) is 0 Å². The summed E-state index contributed by atoms with van der Waals surface area (Å²) in [4.78, 5) is 37.8. The van der Waals surface area contributed by atoms with E-state index in [1.54, 1.807) is 0 Å². The molecular formula is C60H120NO8P. The lowest BCUT2D eigenvalue weighted by molar-refractivity contribution is -0.870. The highest BCUT2D eigenvalue weighted by atomic mass is 31.2. The largest absolute Gasteiger partial charge is 0.756 e. The molecule has 0 aliphatic heterocycles. The summed E-state index contributed by atoms with van der Waals surface area (Å²) in [5.74, 6) is -0.810. The van der Waals surface area contributed by atoms with Crippen LogP contribution in [-0.4, -0.2) is 70.0 Å². The third-order valence-electron chi connectivity index (χ3n) is 14.1. The molecule has 0 saturated heterocycles. The molecule has 0 aromatic carbocycles. The summed E-state index contributed by atoms with van der Waals surface area (Å²) in [5, 5.41) is 0. The van der Waals surface area contributed by atoms with Crippen LogP contribution in [0.25, 0.3) is 0 Å². The fraction of sp³-hybridized carbons (Fsp3) is 0.967. The van der Waals surface area contributed by atoms with E-state index in [2.05, 4.69) is 13.8 Å². The van der Waals surface area contributed by atoms with E-state index in [4.69, 9.17) is 18.5 Å². The van der Waals surface area contributed by atoms with Crippen LogP contribution in [-0.2, 0) is 32.7 Å². The Morgan fingerprint density at radius 2 is 0.643 bits per heavy atom. The first-order chi connectivity index (χ1) is 34.0. The molecule has 0 spiro atoms. The molecular weight excluding hydrogens is 894 g/mol. The summed E-state index contributed by atoms with van der Waals surface area (Å²) >= 11 is 0. The molecule has 0 bridgehead atoms. The van der Waals surface area contributed by atoms with Crippen molar-refractivity contribution in [2.24, 2.45) is 0 Å². The predicted molar refractivity (Wildman–Crippen MR) is 296 cm³/mol. The second-order valence-corrected chi connectivity index (χ2v) is 23.9. The van der Waals surface area contributed by atoms with Crippen LogP contribution in [0.1, 0.15) is 322 Å². The molecule has 70 heavy (non-hydrogen) atoms. The molecule has 0 aliphatic rings. The predicted octanol–water partition coefficient (Wildman–Crippen LogP) is 18.4. The van der Waals surface area contributed by atoms with Gasteiger partial charge >= 0.3 is 11.9 Å². The maximum absolute atomic E-state index is 12.8. The number of ether oxygens (including phenoxy) is 2. The maximum atomic E-state index is 12.8. The van der Waals surface area contributed by atoms with Crippen molar-refractivity contribution in [3.63, 3.8) is 0 Å². The first-order valence-electron chi connectivity index (χ1n) is 30.7. The number of hydrogen-bond acceptors (Lipinski definition) is 8. The number of esters is 2. The number of likely N-dealkylation sites (N-methyl/N-ethyl adjacent to an activating group) is 1. The van der Waals surface area contributed by atoms with Gasteiger partial charge in [0.15, 0.2) is 6.10 Å². The molecule has 2 atom stereocenters. The van der Waals surface area contributed by atoms with Crippen molar-refractivity contribution in [1.29, 1.82) is 0 Å². The van der Waals surface area contributed by atoms with Crippen molar-refractivity contribution in [1.82, 2.24) is 0 Å². The number of unbranched alkanes of at least 4 members (excludes halogenated alkanes) is 44. The number of hydrogen-bond donors (Lipinski definition) is 0. The second-order valence-electron chi connectivity index (χ2n) is 22.4. The summed E-state index contributed by atoms with van der Waals surface area (Å²) in [5.41, 5.74) is 0. The molecule has 0 saturated carbocycles. The SMILES string of the molecule is CCCCCCCCCCCCCCCCCCCCCCCCCCCCCCCCCC(=O)OC(COC(=O)CCCCCCCCCCCCCCCCC)COP(=O)([O-])OCC[N+](C)(C)C. The lowest BCUT2D eigenvalue weighted by atomic mass is 10.0. The van der Waals surface area contributed by atoms with E-state index >= 15 is 0 Å². The maximum Gasteiger partial charge on any atom is 0.306 e. The fourth-order valence-electron chi connectivity index (χ4n) is 9.37. The Labute approximate surface area is 435 Å². The first-order valence-corrected chi connectivity index (χ1v) is 32.2. The minimum Gasteiger partial charge on any atom is -0.756 e. The highest BCUT2D eigenvalue weighted by Gasteiger charge is 2.22. The zero-order valence-electron chi connectivity index (χ0n) is 47.5. The molecule has 0 fully saturated rings. The monoisotopic (exact) mass is 1010 g/mol. The van der Waals surface area contributed by atoms with Crippen LogP contribution in [0.3, 0.4) is 0 Å². The standard InChI is InChI=1S/C60H120NO8P/c1-6-8-10-12-14-16-18-20-22-23-24-25-26-27-28-29-30-31-32-33-34-35-36-37-39-41-43-45-47-49-51-53-60(63)69-58(57-68-70(64,65)67-55-54-61(3,4)5)56-66-59(62)52-50-48-46-44-42-40-38-21-19-17-15-13-11-9-7-2/h58H,6-57H2,1-5H3. The molecule has 9 nitrogen and oxygen atoms in total. The third-order valence-corrected chi connectivity index (χ3v) is 15.1. The number of rotatable bonds is 58. The number of carbonyl (C=O) groups is 2. The highest BCUT2D eigenvalue weighted by molar-refractivity contribution is 7.45. The van der Waals surface area contributed by atoms with Gasteiger partial charge < -0.3 is 27.9 Å². The van der Waals surface area contributed by atoms with Gasteiger partial charge in [-0.2, -0.15) is 0 Å². The van der Waals surface area contributed by atoms with E-state index in [0.29, 0.717) is 17.4 Å². The van der Waals surface area contributed by atoms with Gasteiger partial charge in [-0.05, 0) is 12.8 Å². The van der Waals surface area contributed by atoms with Crippen LogP contribution in [0.5, 0.6) is 0 Å². The number of quaternary nitrogens is 1. The number of phosphoric acid groups is 1. The molecule has 10 heteroatoms. The quantitative estimate of drug-likeness (QED) is 0.0256. The van der Waals surface area contributed by atoms with Crippen molar-refractivity contribution in [2.45, 2.75) is 328 Å². The summed E-state index contributed by atoms with van der Waals surface area (Å²) in [6.45, 7) is 4.31. The fourth-order valence-corrected chi connectivity index (χ4v) is 10.1. The molecule has 418 valence electrons. The summed E-state index contributed by atoms with van der Waals surface area (Å²) in [6.07, 6.45) is 60.3. The zero-order chi connectivity index (χ0) is 51.3. The molecule has 0 aliphatic carbocycles. The number of phosphoric ester groups is 1. The van der Waals surface area contributed by atoms with E-state index in [-0.39, 0.29) is 32.0 Å². The lowest BCUT2D eigenvalue weighted by Crippen LogP contribution is -2.37. The Balaban J connectivity index is 3.97. The third kappa shape index (κ3) is 56.3. The molecule has 0 aromatic rings. The van der Waals surface area contributed by atoms with Crippen molar-refractivity contribution < 1.29 is 42.1 Å². The van der Waals surface area contributed by atoms with E-state index in [1.807, 2.05) is 21.1 Å². The average Bonchev–Trinajstić information content (AvgIpc) is 3.32. The van der Waals surface area contributed by atoms with Crippen LogP contribution < -0.4 is 4.89 Å². The minimum absolute atomic E-state index is 0.0251. The topological polar surface area (TPSA) is 111 Å².